The van der Waals surface area contributed by atoms with E-state index < -0.39 is 0 Å². The molecular weight excluding hydrogens is 220 g/mol. The van der Waals surface area contributed by atoms with Crippen LogP contribution in [0.5, 0.6) is 0 Å². The van der Waals surface area contributed by atoms with Crippen molar-refractivity contribution >= 4 is 11.8 Å². The number of aryl methyl sites for hydroxylation is 1. The molecule has 96 valence electrons. The predicted octanol–water partition coefficient (Wildman–Crippen LogP) is 3.71. The standard InChI is InChI=1S/C16H22N2/c1-6-18(7-2)16-11-10-15(12-13(16)3)9-8-14(4)17-5/h6,8-12,17H,1,4,7H2,2-3,5H3/b9-8+. The van der Waals surface area contributed by atoms with Crippen LogP contribution in [-0.2, 0) is 0 Å². The Morgan fingerprint density at radius 1 is 1.44 bits per heavy atom. The van der Waals surface area contributed by atoms with Crippen molar-refractivity contribution in [1.29, 1.82) is 0 Å². The number of nitrogens with one attached hydrogen (secondary N) is 1. The summed E-state index contributed by atoms with van der Waals surface area (Å²) in [4.78, 5) is 2.13. The SMILES string of the molecule is C=CN(CC)c1ccc(/C=C/C(=C)NC)cc1C. The zero-order valence-corrected chi connectivity index (χ0v) is 11.5. The minimum absolute atomic E-state index is 0.901. The van der Waals surface area contributed by atoms with Crippen LogP contribution in [0, 0.1) is 6.92 Å². The second-order valence-corrected chi connectivity index (χ2v) is 4.12. The monoisotopic (exact) mass is 242 g/mol. The summed E-state index contributed by atoms with van der Waals surface area (Å²) in [5.74, 6) is 0. The fourth-order valence-corrected chi connectivity index (χ4v) is 1.78. The van der Waals surface area contributed by atoms with E-state index in [1.54, 1.807) is 0 Å². The van der Waals surface area contributed by atoms with Crippen LogP contribution in [0.2, 0.25) is 0 Å². The van der Waals surface area contributed by atoms with E-state index in [1.165, 1.54) is 16.8 Å². The molecule has 0 aliphatic carbocycles. The molecule has 0 bridgehead atoms. The van der Waals surface area contributed by atoms with Gasteiger partial charge in [0.15, 0.2) is 0 Å². The van der Waals surface area contributed by atoms with Crippen molar-refractivity contribution in [1.82, 2.24) is 5.32 Å². The maximum atomic E-state index is 3.86. The fraction of sp³-hybridized carbons (Fsp3) is 0.250. The lowest BCUT2D eigenvalue weighted by molar-refractivity contribution is 1.01. The molecule has 0 heterocycles. The normalized spacial score (nSPS) is 10.4. The Morgan fingerprint density at radius 3 is 2.67 bits per heavy atom. The number of hydrogen-bond donors (Lipinski definition) is 1. The summed E-state index contributed by atoms with van der Waals surface area (Å²) < 4.78 is 0. The highest BCUT2D eigenvalue weighted by Gasteiger charge is 2.03. The van der Waals surface area contributed by atoms with Crippen LogP contribution in [0.4, 0.5) is 5.69 Å². The average molecular weight is 242 g/mol. The van der Waals surface area contributed by atoms with Gasteiger partial charge in [-0.3, -0.25) is 0 Å². The van der Waals surface area contributed by atoms with Gasteiger partial charge in [0.25, 0.3) is 0 Å². The first-order chi connectivity index (χ1) is 8.62. The maximum Gasteiger partial charge on any atom is 0.0435 e. The van der Waals surface area contributed by atoms with Gasteiger partial charge in [-0.25, -0.2) is 0 Å². The summed E-state index contributed by atoms with van der Waals surface area (Å²) in [5.41, 5.74) is 4.52. The number of allylic oxidation sites excluding steroid dienone is 1. The topological polar surface area (TPSA) is 15.3 Å². The van der Waals surface area contributed by atoms with Gasteiger partial charge in [0, 0.05) is 25.0 Å². The lowest BCUT2D eigenvalue weighted by atomic mass is 10.1. The molecule has 1 aromatic carbocycles. The molecule has 0 aliphatic rings. The van der Waals surface area contributed by atoms with Crippen LogP contribution in [-0.4, -0.2) is 13.6 Å². The minimum atomic E-state index is 0.901. The van der Waals surface area contributed by atoms with Crippen molar-refractivity contribution in [3.05, 3.63) is 60.5 Å². The molecule has 0 aromatic heterocycles. The molecule has 0 unspecified atom stereocenters. The van der Waals surface area contributed by atoms with Gasteiger partial charge >= 0.3 is 0 Å². The highest BCUT2D eigenvalue weighted by molar-refractivity contribution is 5.62. The van der Waals surface area contributed by atoms with Gasteiger partial charge in [0.2, 0.25) is 0 Å². The fourth-order valence-electron chi connectivity index (χ4n) is 1.78. The van der Waals surface area contributed by atoms with E-state index in [1.807, 2.05) is 19.3 Å². The molecule has 0 amide bonds. The van der Waals surface area contributed by atoms with Crippen molar-refractivity contribution in [2.24, 2.45) is 0 Å². The van der Waals surface area contributed by atoms with Gasteiger partial charge in [-0.05, 0) is 49.4 Å². The van der Waals surface area contributed by atoms with Crippen LogP contribution in [0.15, 0.2) is 49.3 Å². The number of anilines is 1. The zero-order valence-electron chi connectivity index (χ0n) is 11.5. The Bertz CT molecular complexity index is 458. The van der Waals surface area contributed by atoms with E-state index in [0.717, 1.165) is 12.2 Å². The number of hydrogen-bond acceptors (Lipinski definition) is 2. The third kappa shape index (κ3) is 3.52. The van der Waals surface area contributed by atoms with Gasteiger partial charge in [0.05, 0.1) is 0 Å². The van der Waals surface area contributed by atoms with Crippen molar-refractivity contribution in [3.63, 3.8) is 0 Å². The molecule has 0 atom stereocenters. The Morgan fingerprint density at radius 2 is 2.17 bits per heavy atom. The number of likely N-dealkylation sites (N-methyl/N-ethyl adjacent to an activating group) is 1. The van der Waals surface area contributed by atoms with Gasteiger partial charge in [0.1, 0.15) is 0 Å². The van der Waals surface area contributed by atoms with Crippen molar-refractivity contribution in [3.8, 4) is 0 Å². The van der Waals surface area contributed by atoms with Crippen LogP contribution in [0.1, 0.15) is 18.1 Å². The lowest BCUT2D eigenvalue weighted by Crippen LogP contribution is -2.15. The number of rotatable bonds is 6. The van der Waals surface area contributed by atoms with E-state index in [9.17, 15) is 0 Å². The Balaban J connectivity index is 2.95. The molecule has 0 saturated heterocycles. The highest BCUT2D eigenvalue weighted by atomic mass is 15.1. The average Bonchev–Trinajstić information content (AvgIpc) is 2.39. The number of benzene rings is 1. The number of nitrogens with zero attached hydrogens (tertiary/aromatic N) is 1. The first kappa shape index (κ1) is 14.1. The van der Waals surface area contributed by atoms with E-state index in [-0.39, 0.29) is 0 Å². The molecule has 1 aromatic rings. The van der Waals surface area contributed by atoms with Gasteiger partial charge in [-0.1, -0.05) is 25.3 Å². The molecule has 0 saturated carbocycles. The molecule has 2 heteroatoms. The Labute approximate surface area is 110 Å². The lowest BCUT2D eigenvalue weighted by Gasteiger charge is -2.20. The molecule has 0 fully saturated rings. The molecule has 1 rings (SSSR count). The molecular formula is C16H22N2. The summed E-state index contributed by atoms with van der Waals surface area (Å²) >= 11 is 0. The molecule has 18 heavy (non-hydrogen) atoms. The second kappa shape index (κ2) is 6.70. The van der Waals surface area contributed by atoms with Crippen molar-refractivity contribution < 1.29 is 0 Å². The van der Waals surface area contributed by atoms with Crippen LogP contribution in [0.25, 0.3) is 6.08 Å². The molecule has 0 aliphatic heterocycles. The van der Waals surface area contributed by atoms with E-state index in [4.69, 9.17) is 0 Å². The molecule has 0 radical (unpaired) electrons. The van der Waals surface area contributed by atoms with E-state index in [0.29, 0.717) is 0 Å². The first-order valence-corrected chi connectivity index (χ1v) is 6.17. The summed E-state index contributed by atoms with van der Waals surface area (Å²) in [6, 6.07) is 6.40. The van der Waals surface area contributed by atoms with Gasteiger partial charge in [-0.2, -0.15) is 0 Å². The predicted molar refractivity (Wildman–Crippen MR) is 81.6 cm³/mol. The summed E-state index contributed by atoms with van der Waals surface area (Å²) in [6.07, 6.45) is 5.89. The molecule has 2 nitrogen and oxygen atoms in total. The van der Waals surface area contributed by atoms with Crippen LogP contribution >= 0.6 is 0 Å². The van der Waals surface area contributed by atoms with Gasteiger partial charge < -0.3 is 10.2 Å². The zero-order chi connectivity index (χ0) is 13.5. The van der Waals surface area contributed by atoms with Crippen molar-refractivity contribution in [2.75, 3.05) is 18.5 Å². The minimum Gasteiger partial charge on any atom is -0.389 e. The van der Waals surface area contributed by atoms with Crippen molar-refractivity contribution in [2.45, 2.75) is 13.8 Å². The maximum absolute atomic E-state index is 3.86. The molecule has 0 spiro atoms. The van der Waals surface area contributed by atoms with E-state index in [2.05, 4.69) is 61.5 Å². The summed E-state index contributed by atoms with van der Waals surface area (Å²) in [6.45, 7) is 12.9. The largest absolute Gasteiger partial charge is 0.389 e. The van der Waals surface area contributed by atoms with E-state index >= 15 is 0 Å². The Kier molecular flexibility index (Phi) is 5.25. The smallest absolute Gasteiger partial charge is 0.0435 e. The summed E-state index contributed by atoms with van der Waals surface area (Å²) in [7, 11) is 1.87. The Hall–Kier alpha value is -1.96. The first-order valence-electron chi connectivity index (χ1n) is 6.17. The van der Waals surface area contributed by atoms with Crippen LogP contribution < -0.4 is 10.2 Å². The third-order valence-electron chi connectivity index (χ3n) is 2.89. The third-order valence-corrected chi connectivity index (χ3v) is 2.89. The van der Waals surface area contributed by atoms with Gasteiger partial charge in [-0.15, -0.1) is 0 Å². The summed E-state index contributed by atoms with van der Waals surface area (Å²) in [5, 5.41) is 2.99. The molecule has 1 N–H and O–H groups in total. The highest BCUT2D eigenvalue weighted by Crippen LogP contribution is 2.22. The quantitative estimate of drug-likeness (QED) is 0.765. The second-order valence-electron chi connectivity index (χ2n) is 4.12. The van der Waals surface area contributed by atoms with Crippen LogP contribution in [0.3, 0.4) is 0 Å².